The van der Waals surface area contributed by atoms with Crippen molar-refractivity contribution < 1.29 is 4.74 Å². The highest BCUT2D eigenvalue weighted by Crippen LogP contribution is 2.19. The van der Waals surface area contributed by atoms with Crippen LogP contribution in [0.5, 0.6) is 5.75 Å². The summed E-state index contributed by atoms with van der Waals surface area (Å²) in [5.41, 5.74) is 4.58. The molecule has 0 aromatic heterocycles. The van der Waals surface area contributed by atoms with E-state index in [4.69, 9.17) is 17.0 Å². The van der Waals surface area contributed by atoms with E-state index < -0.39 is 0 Å². The summed E-state index contributed by atoms with van der Waals surface area (Å²) in [5.74, 6) is 0.854. The summed E-state index contributed by atoms with van der Waals surface area (Å²) in [7, 11) is 1.67. The van der Waals surface area contributed by atoms with Crippen molar-refractivity contribution in [2.24, 2.45) is 0 Å². The van der Waals surface area contributed by atoms with Crippen LogP contribution in [0.2, 0.25) is 0 Å². The van der Waals surface area contributed by atoms with Gasteiger partial charge >= 0.3 is 0 Å². The van der Waals surface area contributed by atoms with Crippen LogP contribution in [-0.2, 0) is 0 Å². The van der Waals surface area contributed by atoms with Gasteiger partial charge in [0.2, 0.25) is 0 Å². The fraction of sp³-hybridized carbons (Fsp3) is 0.278. The van der Waals surface area contributed by atoms with Crippen molar-refractivity contribution in [1.29, 1.82) is 0 Å². The first-order chi connectivity index (χ1) is 10.5. The number of ether oxygens (including phenoxy) is 1. The Balaban J connectivity index is 2.00. The Hall–Kier alpha value is -2.07. The number of thiocarbonyl (C=S) groups is 1. The monoisotopic (exact) mass is 314 g/mol. The van der Waals surface area contributed by atoms with E-state index in [0.29, 0.717) is 5.11 Å². The van der Waals surface area contributed by atoms with E-state index >= 15 is 0 Å². The minimum absolute atomic E-state index is 0.121. The molecule has 2 rings (SSSR count). The van der Waals surface area contributed by atoms with Crippen LogP contribution in [0.25, 0.3) is 0 Å². The molecule has 0 saturated heterocycles. The van der Waals surface area contributed by atoms with Gasteiger partial charge in [0.1, 0.15) is 5.75 Å². The second-order valence-electron chi connectivity index (χ2n) is 5.41. The number of aryl methyl sites for hydroxylation is 2. The normalized spacial score (nSPS) is 11.6. The van der Waals surface area contributed by atoms with Gasteiger partial charge in [0.15, 0.2) is 5.11 Å². The first-order valence-electron chi connectivity index (χ1n) is 7.28. The Morgan fingerprint density at radius 2 is 1.77 bits per heavy atom. The van der Waals surface area contributed by atoms with Crippen LogP contribution >= 0.6 is 12.2 Å². The van der Waals surface area contributed by atoms with Crippen molar-refractivity contribution in [3.63, 3.8) is 0 Å². The molecule has 1 atom stereocenters. The van der Waals surface area contributed by atoms with Crippen LogP contribution in [0.3, 0.4) is 0 Å². The molecule has 0 bridgehead atoms. The van der Waals surface area contributed by atoms with Crippen molar-refractivity contribution in [2.45, 2.75) is 26.8 Å². The molecule has 2 aromatic rings. The highest BCUT2D eigenvalue weighted by molar-refractivity contribution is 7.80. The molecule has 0 fully saturated rings. The first-order valence-corrected chi connectivity index (χ1v) is 7.69. The van der Waals surface area contributed by atoms with E-state index in [1.165, 1.54) is 11.1 Å². The summed E-state index contributed by atoms with van der Waals surface area (Å²) in [6, 6.07) is 14.4. The maximum Gasteiger partial charge on any atom is 0.171 e. The third-order valence-electron chi connectivity index (χ3n) is 3.60. The first kappa shape index (κ1) is 16.3. The number of anilines is 1. The standard InChI is InChI=1S/C18H22N2OS/c1-12-5-6-13(2)17(11-12)20-18(22)19-14(3)15-7-9-16(21-4)10-8-15/h5-11,14H,1-4H3,(H2,19,20,22)/t14-/m1/s1. The molecule has 2 N–H and O–H groups in total. The summed E-state index contributed by atoms with van der Waals surface area (Å²) < 4.78 is 5.17. The summed E-state index contributed by atoms with van der Waals surface area (Å²) >= 11 is 5.42. The van der Waals surface area contributed by atoms with Crippen LogP contribution in [0.4, 0.5) is 5.69 Å². The highest BCUT2D eigenvalue weighted by Gasteiger charge is 2.08. The molecule has 0 amide bonds. The van der Waals surface area contributed by atoms with E-state index in [1.807, 2.05) is 24.3 Å². The Bertz CT molecular complexity index is 653. The molecule has 0 saturated carbocycles. The second kappa shape index (κ2) is 7.27. The van der Waals surface area contributed by atoms with Gasteiger partial charge in [-0.2, -0.15) is 0 Å². The molecule has 0 spiro atoms. The van der Waals surface area contributed by atoms with Gasteiger partial charge in [-0.15, -0.1) is 0 Å². The largest absolute Gasteiger partial charge is 0.497 e. The molecule has 0 aliphatic heterocycles. The number of hydrogen-bond acceptors (Lipinski definition) is 2. The van der Waals surface area contributed by atoms with E-state index in [-0.39, 0.29) is 6.04 Å². The highest BCUT2D eigenvalue weighted by atomic mass is 32.1. The summed E-state index contributed by atoms with van der Waals surface area (Å²) in [4.78, 5) is 0. The Kier molecular flexibility index (Phi) is 5.39. The third-order valence-corrected chi connectivity index (χ3v) is 3.82. The number of benzene rings is 2. The van der Waals surface area contributed by atoms with Crippen molar-refractivity contribution in [3.05, 3.63) is 59.2 Å². The second-order valence-corrected chi connectivity index (χ2v) is 5.82. The van der Waals surface area contributed by atoms with Crippen LogP contribution in [0.15, 0.2) is 42.5 Å². The molecule has 0 heterocycles. The Labute approximate surface area is 137 Å². The smallest absolute Gasteiger partial charge is 0.171 e. The quantitative estimate of drug-likeness (QED) is 0.822. The number of rotatable bonds is 4. The summed E-state index contributed by atoms with van der Waals surface area (Å²) in [6.07, 6.45) is 0. The average molecular weight is 314 g/mol. The van der Waals surface area contributed by atoms with Crippen molar-refractivity contribution in [1.82, 2.24) is 5.32 Å². The predicted molar refractivity (Wildman–Crippen MR) is 96.7 cm³/mol. The lowest BCUT2D eigenvalue weighted by Crippen LogP contribution is -2.31. The van der Waals surface area contributed by atoms with Crippen LogP contribution in [0, 0.1) is 13.8 Å². The van der Waals surface area contributed by atoms with Gasteiger partial charge in [0, 0.05) is 5.69 Å². The Morgan fingerprint density at radius 3 is 2.41 bits per heavy atom. The van der Waals surface area contributed by atoms with Crippen LogP contribution < -0.4 is 15.4 Å². The van der Waals surface area contributed by atoms with Gasteiger partial charge in [-0.1, -0.05) is 24.3 Å². The number of hydrogen-bond donors (Lipinski definition) is 2. The predicted octanol–water partition coefficient (Wildman–Crippen LogP) is 4.36. The Morgan fingerprint density at radius 1 is 1.09 bits per heavy atom. The fourth-order valence-corrected chi connectivity index (χ4v) is 2.49. The van der Waals surface area contributed by atoms with Gasteiger partial charge < -0.3 is 15.4 Å². The zero-order chi connectivity index (χ0) is 16.1. The molecule has 116 valence electrons. The van der Waals surface area contributed by atoms with E-state index in [1.54, 1.807) is 7.11 Å². The minimum atomic E-state index is 0.121. The van der Waals surface area contributed by atoms with Gasteiger partial charge in [-0.3, -0.25) is 0 Å². The molecule has 0 aliphatic carbocycles. The van der Waals surface area contributed by atoms with E-state index in [0.717, 1.165) is 17.0 Å². The molecule has 4 heteroatoms. The third kappa shape index (κ3) is 4.21. The van der Waals surface area contributed by atoms with Gasteiger partial charge in [-0.05, 0) is 67.9 Å². The van der Waals surface area contributed by atoms with E-state index in [2.05, 4.69) is 49.6 Å². The average Bonchev–Trinajstić information content (AvgIpc) is 2.51. The van der Waals surface area contributed by atoms with Gasteiger partial charge in [0.05, 0.1) is 13.2 Å². The lowest BCUT2D eigenvalue weighted by molar-refractivity contribution is 0.414. The van der Waals surface area contributed by atoms with Crippen LogP contribution in [0.1, 0.15) is 29.7 Å². The topological polar surface area (TPSA) is 33.3 Å². The lowest BCUT2D eigenvalue weighted by atomic mass is 10.1. The SMILES string of the molecule is COc1ccc([C@@H](C)NC(=S)Nc2cc(C)ccc2C)cc1. The van der Waals surface area contributed by atoms with Gasteiger partial charge in [-0.25, -0.2) is 0 Å². The summed E-state index contributed by atoms with van der Waals surface area (Å²) in [6.45, 7) is 6.22. The fourth-order valence-electron chi connectivity index (χ4n) is 2.20. The van der Waals surface area contributed by atoms with Gasteiger partial charge in [0.25, 0.3) is 0 Å². The van der Waals surface area contributed by atoms with Crippen LogP contribution in [-0.4, -0.2) is 12.2 Å². The van der Waals surface area contributed by atoms with Crippen molar-refractivity contribution in [2.75, 3.05) is 12.4 Å². The molecule has 0 unspecified atom stereocenters. The maximum atomic E-state index is 5.42. The lowest BCUT2D eigenvalue weighted by Gasteiger charge is -2.18. The number of methoxy groups -OCH3 is 1. The zero-order valence-electron chi connectivity index (χ0n) is 13.4. The van der Waals surface area contributed by atoms with Crippen molar-refractivity contribution in [3.8, 4) is 5.75 Å². The zero-order valence-corrected chi connectivity index (χ0v) is 14.3. The van der Waals surface area contributed by atoms with Crippen molar-refractivity contribution >= 4 is 23.0 Å². The number of nitrogens with one attached hydrogen (secondary N) is 2. The molecular formula is C18H22N2OS. The molecular weight excluding hydrogens is 292 g/mol. The molecule has 22 heavy (non-hydrogen) atoms. The molecule has 2 aromatic carbocycles. The summed E-state index contributed by atoms with van der Waals surface area (Å²) in [5, 5.41) is 7.20. The molecule has 3 nitrogen and oxygen atoms in total. The molecule has 0 radical (unpaired) electrons. The maximum absolute atomic E-state index is 5.42. The minimum Gasteiger partial charge on any atom is -0.497 e. The molecule has 0 aliphatic rings. The van der Waals surface area contributed by atoms with E-state index in [9.17, 15) is 0 Å².